The average molecular weight is 387 g/mol. The first-order valence-electron chi connectivity index (χ1n) is 7.39. The van der Waals surface area contributed by atoms with Crippen LogP contribution in [0.4, 0.5) is 9.18 Å². The summed E-state index contributed by atoms with van der Waals surface area (Å²) in [5.74, 6) is -0.705. The van der Waals surface area contributed by atoms with Gasteiger partial charge in [0.25, 0.3) is 5.91 Å². The number of rotatable bonds is 1. The predicted molar refractivity (Wildman–Crippen MR) is 87.8 cm³/mol. The number of piperazine rings is 1. The van der Waals surface area contributed by atoms with E-state index in [9.17, 15) is 14.0 Å². The van der Waals surface area contributed by atoms with Gasteiger partial charge >= 0.3 is 6.09 Å². The monoisotopic (exact) mass is 386 g/mol. The van der Waals surface area contributed by atoms with Gasteiger partial charge in [-0.15, -0.1) is 0 Å². The Balaban J connectivity index is 1.94. The number of hydrogen-bond donors (Lipinski definition) is 0. The molecule has 1 aliphatic heterocycles. The van der Waals surface area contributed by atoms with E-state index in [0.29, 0.717) is 36.2 Å². The van der Waals surface area contributed by atoms with E-state index in [-0.39, 0.29) is 12.0 Å². The lowest BCUT2D eigenvalue weighted by Gasteiger charge is -2.35. The van der Waals surface area contributed by atoms with E-state index in [1.807, 2.05) is 20.8 Å². The lowest BCUT2D eigenvalue weighted by Crippen LogP contribution is -2.51. The van der Waals surface area contributed by atoms with Crippen molar-refractivity contribution in [3.05, 3.63) is 34.1 Å². The molecule has 5 nitrogen and oxygen atoms in total. The Kier molecular flexibility index (Phi) is 5.29. The third kappa shape index (κ3) is 4.67. The highest BCUT2D eigenvalue weighted by Gasteiger charge is 2.28. The van der Waals surface area contributed by atoms with Gasteiger partial charge in [-0.2, -0.15) is 0 Å². The maximum absolute atomic E-state index is 13.5. The van der Waals surface area contributed by atoms with Gasteiger partial charge in [-0.3, -0.25) is 4.79 Å². The molecule has 2 rings (SSSR count). The molecule has 1 heterocycles. The maximum Gasteiger partial charge on any atom is 0.410 e. The molecule has 0 N–H and O–H groups in total. The average Bonchev–Trinajstić information content (AvgIpc) is 2.48. The highest BCUT2D eigenvalue weighted by atomic mass is 79.9. The third-order valence-corrected chi connectivity index (χ3v) is 4.03. The van der Waals surface area contributed by atoms with Gasteiger partial charge in [0.05, 0.1) is 4.47 Å². The summed E-state index contributed by atoms with van der Waals surface area (Å²) in [6.07, 6.45) is -0.376. The molecule has 2 amide bonds. The van der Waals surface area contributed by atoms with Crippen molar-refractivity contribution in [1.29, 1.82) is 0 Å². The topological polar surface area (TPSA) is 49.9 Å². The Morgan fingerprint density at radius 3 is 2.22 bits per heavy atom. The molecule has 0 radical (unpaired) electrons. The van der Waals surface area contributed by atoms with Crippen molar-refractivity contribution in [2.75, 3.05) is 26.2 Å². The largest absolute Gasteiger partial charge is 0.444 e. The predicted octanol–water partition coefficient (Wildman–Crippen LogP) is 3.28. The van der Waals surface area contributed by atoms with Gasteiger partial charge < -0.3 is 14.5 Å². The molecule has 126 valence electrons. The number of carbonyl (C=O) groups excluding carboxylic acids is 2. The molecule has 1 fully saturated rings. The molecule has 23 heavy (non-hydrogen) atoms. The third-order valence-electron chi connectivity index (χ3n) is 3.39. The summed E-state index contributed by atoms with van der Waals surface area (Å²) in [5.41, 5.74) is -0.240. The number of benzene rings is 1. The second-order valence-corrected chi connectivity index (χ2v) is 7.24. The second-order valence-electron chi connectivity index (χ2n) is 6.39. The SMILES string of the molecule is CC(C)(C)OC(=O)N1CCN(C(=O)c2ccc(Br)c(F)c2)CC1. The van der Waals surface area contributed by atoms with Gasteiger partial charge in [-0.05, 0) is 54.9 Å². The first-order chi connectivity index (χ1) is 10.7. The summed E-state index contributed by atoms with van der Waals surface area (Å²) in [6.45, 7) is 7.04. The molecule has 1 saturated heterocycles. The molecule has 0 bridgehead atoms. The zero-order valence-electron chi connectivity index (χ0n) is 13.4. The Bertz CT molecular complexity index is 608. The molecule has 7 heteroatoms. The van der Waals surface area contributed by atoms with Crippen LogP contribution in [-0.2, 0) is 4.74 Å². The van der Waals surface area contributed by atoms with Crippen molar-refractivity contribution in [1.82, 2.24) is 9.80 Å². The summed E-state index contributed by atoms with van der Waals surface area (Å²) in [4.78, 5) is 27.6. The van der Waals surface area contributed by atoms with Gasteiger partial charge in [-0.25, -0.2) is 9.18 Å². The van der Waals surface area contributed by atoms with Crippen LogP contribution >= 0.6 is 15.9 Å². The summed E-state index contributed by atoms with van der Waals surface area (Å²) in [7, 11) is 0. The molecule has 1 aliphatic rings. The van der Waals surface area contributed by atoms with Crippen LogP contribution in [0.25, 0.3) is 0 Å². The Labute approximate surface area is 143 Å². The minimum absolute atomic E-state index is 0.236. The fourth-order valence-electron chi connectivity index (χ4n) is 2.23. The van der Waals surface area contributed by atoms with Gasteiger partial charge in [0.1, 0.15) is 11.4 Å². The molecule has 1 aromatic rings. The highest BCUT2D eigenvalue weighted by Crippen LogP contribution is 2.18. The van der Waals surface area contributed by atoms with Gasteiger partial charge in [0, 0.05) is 31.7 Å². The van der Waals surface area contributed by atoms with Crippen molar-refractivity contribution in [2.24, 2.45) is 0 Å². The summed E-state index contributed by atoms with van der Waals surface area (Å²) in [5, 5.41) is 0. The van der Waals surface area contributed by atoms with Crippen molar-refractivity contribution < 1.29 is 18.7 Å². The highest BCUT2D eigenvalue weighted by molar-refractivity contribution is 9.10. The van der Waals surface area contributed by atoms with E-state index in [4.69, 9.17) is 4.74 Å². The van der Waals surface area contributed by atoms with E-state index >= 15 is 0 Å². The van der Waals surface area contributed by atoms with Crippen molar-refractivity contribution in [3.8, 4) is 0 Å². The van der Waals surface area contributed by atoms with Gasteiger partial charge in [-0.1, -0.05) is 0 Å². The summed E-state index contributed by atoms with van der Waals surface area (Å²) >= 11 is 3.06. The van der Waals surface area contributed by atoms with Crippen LogP contribution in [0, 0.1) is 5.82 Å². The quantitative estimate of drug-likeness (QED) is 0.743. The van der Waals surface area contributed by atoms with E-state index in [0.717, 1.165) is 0 Å². The summed E-state index contributed by atoms with van der Waals surface area (Å²) in [6, 6.07) is 4.31. The van der Waals surface area contributed by atoms with Crippen LogP contribution in [0.2, 0.25) is 0 Å². The first-order valence-corrected chi connectivity index (χ1v) is 8.19. The van der Waals surface area contributed by atoms with E-state index in [1.165, 1.54) is 12.1 Å². The van der Waals surface area contributed by atoms with E-state index in [2.05, 4.69) is 15.9 Å². The second kappa shape index (κ2) is 6.86. The smallest absolute Gasteiger partial charge is 0.410 e. The molecule has 0 aliphatic carbocycles. The minimum atomic E-state index is -0.543. The van der Waals surface area contributed by atoms with E-state index in [1.54, 1.807) is 15.9 Å². The fourth-order valence-corrected chi connectivity index (χ4v) is 2.48. The standard InChI is InChI=1S/C16H20BrFN2O3/c1-16(2,3)23-15(22)20-8-6-19(7-9-20)14(21)11-4-5-12(17)13(18)10-11/h4-5,10H,6-9H2,1-3H3. The zero-order chi connectivity index (χ0) is 17.2. The van der Waals surface area contributed by atoms with Crippen LogP contribution in [0.3, 0.4) is 0 Å². The van der Waals surface area contributed by atoms with Crippen LogP contribution in [0.5, 0.6) is 0 Å². The molecule has 0 aromatic heterocycles. The van der Waals surface area contributed by atoms with Crippen molar-refractivity contribution >= 4 is 27.9 Å². The Morgan fingerprint density at radius 1 is 1.13 bits per heavy atom. The molecule has 0 spiro atoms. The number of hydrogen-bond acceptors (Lipinski definition) is 3. The number of nitrogens with zero attached hydrogens (tertiary/aromatic N) is 2. The Morgan fingerprint density at radius 2 is 1.70 bits per heavy atom. The maximum atomic E-state index is 13.5. The number of carbonyl (C=O) groups is 2. The molecular weight excluding hydrogens is 367 g/mol. The molecule has 0 saturated carbocycles. The summed E-state index contributed by atoms with van der Waals surface area (Å²) < 4.78 is 19.2. The number of amides is 2. The molecular formula is C16H20BrFN2O3. The molecule has 1 aromatic carbocycles. The van der Waals surface area contributed by atoms with Crippen molar-refractivity contribution in [3.63, 3.8) is 0 Å². The normalized spacial score (nSPS) is 15.5. The number of halogens is 2. The number of ether oxygens (including phenoxy) is 1. The minimum Gasteiger partial charge on any atom is -0.444 e. The van der Waals surface area contributed by atoms with Crippen LogP contribution in [0.1, 0.15) is 31.1 Å². The van der Waals surface area contributed by atoms with E-state index < -0.39 is 11.4 Å². The van der Waals surface area contributed by atoms with Crippen LogP contribution in [0.15, 0.2) is 22.7 Å². The Hall–Kier alpha value is -1.63. The van der Waals surface area contributed by atoms with Crippen LogP contribution in [-0.4, -0.2) is 53.6 Å². The zero-order valence-corrected chi connectivity index (χ0v) is 15.0. The lowest BCUT2D eigenvalue weighted by atomic mass is 10.1. The fraction of sp³-hybridized carbons (Fsp3) is 0.500. The van der Waals surface area contributed by atoms with Gasteiger partial charge in [0.15, 0.2) is 0 Å². The lowest BCUT2D eigenvalue weighted by molar-refractivity contribution is 0.0141. The molecule has 0 atom stereocenters. The molecule has 0 unspecified atom stereocenters. The van der Waals surface area contributed by atoms with Crippen molar-refractivity contribution in [2.45, 2.75) is 26.4 Å². The first kappa shape index (κ1) is 17.7. The van der Waals surface area contributed by atoms with Gasteiger partial charge in [0.2, 0.25) is 0 Å². The van der Waals surface area contributed by atoms with Crippen LogP contribution < -0.4 is 0 Å².